The van der Waals surface area contributed by atoms with Crippen LogP contribution in [0.4, 0.5) is 5.69 Å². The number of carboxylic acids is 1. The Labute approximate surface area is 122 Å². The number of hydrogen-bond acceptors (Lipinski definition) is 3. The standard InChI is InChI=1S/C16H15NO4/c1-11-7-8-13(14(18)9-11)16(21)17(10-15(19)20)12-5-3-2-4-6-12/h2-9,18H,10H2,1H3,(H,19,20). The molecule has 0 aromatic heterocycles. The summed E-state index contributed by atoms with van der Waals surface area (Å²) in [7, 11) is 0. The number of phenolic OH excluding ortho intramolecular Hbond substituents is 1. The monoisotopic (exact) mass is 285 g/mol. The molecule has 0 saturated carbocycles. The summed E-state index contributed by atoms with van der Waals surface area (Å²) in [6.45, 7) is 1.32. The summed E-state index contributed by atoms with van der Waals surface area (Å²) in [6, 6.07) is 13.1. The Morgan fingerprint density at radius 1 is 1.10 bits per heavy atom. The average Bonchev–Trinajstić information content (AvgIpc) is 2.45. The van der Waals surface area contributed by atoms with Crippen LogP contribution < -0.4 is 4.90 Å². The summed E-state index contributed by atoms with van der Waals surface area (Å²) >= 11 is 0. The van der Waals surface area contributed by atoms with Gasteiger partial charge >= 0.3 is 5.97 Å². The quantitative estimate of drug-likeness (QED) is 0.904. The van der Waals surface area contributed by atoms with Gasteiger partial charge in [0.05, 0.1) is 5.56 Å². The zero-order valence-corrected chi connectivity index (χ0v) is 11.5. The minimum Gasteiger partial charge on any atom is -0.507 e. The number of aryl methyl sites for hydroxylation is 1. The number of aliphatic carboxylic acids is 1. The molecule has 0 bridgehead atoms. The maximum Gasteiger partial charge on any atom is 0.323 e. The SMILES string of the molecule is Cc1ccc(C(=O)N(CC(=O)O)c2ccccc2)c(O)c1. The van der Waals surface area contributed by atoms with Crippen molar-refractivity contribution in [3.8, 4) is 5.75 Å². The van der Waals surface area contributed by atoms with E-state index in [9.17, 15) is 14.7 Å². The van der Waals surface area contributed by atoms with Crippen molar-refractivity contribution in [2.75, 3.05) is 11.4 Å². The number of benzene rings is 2. The number of carboxylic acid groups (broad SMARTS) is 1. The van der Waals surface area contributed by atoms with Gasteiger partial charge in [-0.15, -0.1) is 0 Å². The van der Waals surface area contributed by atoms with Crippen molar-refractivity contribution >= 4 is 17.6 Å². The van der Waals surface area contributed by atoms with Gasteiger partial charge in [-0.3, -0.25) is 14.5 Å². The van der Waals surface area contributed by atoms with Gasteiger partial charge in [-0.05, 0) is 36.8 Å². The van der Waals surface area contributed by atoms with Gasteiger partial charge in [-0.2, -0.15) is 0 Å². The first kappa shape index (κ1) is 14.6. The van der Waals surface area contributed by atoms with Crippen molar-refractivity contribution < 1.29 is 19.8 Å². The van der Waals surface area contributed by atoms with Crippen LogP contribution in [0.15, 0.2) is 48.5 Å². The third-order valence-corrected chi connectivity index (χ3v) is 2.99. The van der Waals surface area contributed by atoms with Crippen LogP contribution in [0.1, 0.15) is 15.9 Å². The third kappa shape index (κ3) is 3.39. The van der Waals surface area contributed by atoms with Crippen molar-refractivity contribution in [2.45, 2.75) is 6.92 Å². The van der Waals surface area contributed by atoms with Gasteiger partial charge in [0.1, 0.15) is 12.3 Å². The van der Waals surface area contributed by atoms with E-state index in [0.717, 1.165) is 10.5 Å². The zero-order valence-electron chi connectivity index (χ0n) is 11.5. The molecule has 0 aliphatic rings. The van der Waals surface area contributed by atoms with Crippen molar-refractivity contribution in [1.82, 2.24) is 0 Å². The van der Waals surface area contributed by atoms with E-state index in [-0.39, 0.29) is 11.3 Å². The Kier molecular flexibility index (Phi) is 4.23. The molecule has 21 heavy (non-hydrogen) atoms. The normalized spacial score (nSPS) is 10.1. The fourth-order valence-corrected chi connectivity index (χ4v) is 1.99. The maximum absolute atomic E-state index is 12.5. The number of hydrogen-bond donors (Lipinski definition) is 2. The number of para-hydroxylation sites is 1. The van der Waals surface area contributed by atoms with Gasteiger partial charge in [0.25, 0.3) is 5.91 Å². The van der Waals surface area contributed by atoms with Crippen LogP contribution in [0.25, 0.3) is 0 Å². The van der Waals surface area contributed by atoms with Crippen LogP contribution in [0.2, 0.25) is 0 Å². The van der Waals surface area contributed by atoms with Gasteiger partial charge in [0.15, 0.2) is 0 Å². The molecular formula is C16H15NO4. The predicted octanol–water partition coefficient (Wildman–Crippen LogP) is 2.43. The molecule has 0 heterocycles. The molecule has 0 aliphatic heterocycles. The molecule has 0 unspecified atom stereocenters. The number of aromatic hydroxyl groups is 1. The minimum atomic E-state index is -1.13. The molecule has 0 saturated heterocycles. The van der Waals surface area contributed by atoms with E-state index >= 15 is 0 Å². The Hall–Kier alpha value is -2.82. The van der Waals surface area contributed by atoms with E-state index in [1.165, 1.54) is 12.1 Å². The Bertz CT molecular complexity index is 667. The van der Waals surface area contributed by atoms with Gasteiger partial charge in [0.2, 0.25) is 0 Å². The van der Waals surface area contributed by atoms with E-state index < -0.39 is 18.4 Å². The summed E-state index contributed by atoms with van der Waals surface area (Å²) in [5.41, 5.74) is 1.35. The first-order valence-corrected chi connectivity index (χ1v) is 6.37. The molecule has 2 N–H and O–H groups in total. The van der Waals surface area contributed by atoms with Crippen molar-refractivity contribution in [3.05, 3.63) is 59.7 Å². The molecule has 5 nitrogen and oxygen atoms in total. The fourth-order valence-electron chi connectivity index (χ4n) is 1.99. The molecular weight excluding hydrogens is 270 g/mol. The molecule has 0 aliphatic carbocycles. The molecule has 1 amide bonds. The number of nitrogens with zero attached hydrogens (tertiary/aromatic N) is 1. The molecule has 0 fully saturated rings. The van der Waals surface area contributed by atoms with Gasteiger partial charge < -0.3 is 10.2 Å². The number of anilines is 1. The fraction of sp³-hybridized carbons (Fsp3) is 0.125. The summed E-state index contributed by atoms with van der Waals surface area (Å²) in [6.07, 6.45) is 0. The Balaban J connectivity index is 2.41. The van der Waals surface area contributed by atoms with E-state index in [1.54, 1.807) is 43.3 Å². The van der Waals surface area contributed by atoms with Crippen LogP contribution in [0, 0.1) is 6.92 Å². The van der Waals surface area contributed by atoms with Gasteiger partial charge in [-0.25, -0.2) is 0 Å². The molecule has 2 aromatic carbocycles. The number of rotatable bonds is 4. The minimum absolute atomic E-state index is 0.0747. The van der Waals surface area contributed by atoms with E-state index in [2.05, 4.69) is 0 Å². The Morgan fingerprint density at radius 2 is 1.76 bits per heavy atom. The third-order valence-electron chi connectivity index (χ3n) is 2.99. The van der Waals surface area contributed by atoms with Crippen molar-refractivity contribution in [1.29, 1.82) is 0 Å². The number of carbonyl (C=O) groups is 2. The highest BCUT2D eigenvalue weighted by molar-refractivity contribution is 6.09. The van der Waals surface area contributed by atoms with Crippen LogP contribution in [0.5, 0.6) is 5.75 Å². The highest BCUT2D eigenvalue weighted by Crippen LogP contribution is 2.23. The smallest absolute Gasteiger partial charge is 0.323 e. The molecule has 2 rings (SSSR count). The van der Waals surface area contributed by atoms with Crippen LogP contribution in [-0.4, -0.2) is 28.6 Å². The molecule has 5 heteroatoms. The topological polar surface area (TPSA) is 77.8 Å². The summed E-state index contributed by atoms with van der Waals surface area (Å²) in [4.78, 5) is 24.6. The lowest BCUT2D eigenvalue weighted by Crippen LogP contribution is -2.35. The van der Waals surface area contributed by atoms with E-state index in [0.29, 0.717) is 5.69 Å². The van der Waals surface area contributed by atoms with Crippen LogP contribution >= 0.6 is 0 Å². The second-order valence-electron chi connectivity index (χ2n) is 4.64. The first-order chi connectivity index (χ1) is 9.99. The van der Waals surface area contributed by atoms with E-state index in [4.69, 9.17) is 5.11 Å². The second-order valence-corrected chi connectivity index (χ2v) is 4.64. The van der Waals surface area contributed by atoms with Crippen molar-refractivity contribution in [2.24, 2.45) is 0 Å². The summed E-state index contributed by atoms with van der Waals surface area (Å²) < 4.78 is 0. The maximum atomic E-state index is 12.5. The summed E-state index contributed by atoms with van der Waals surface area (Å²) in [5, 5.41) is 18.9. The molecule has 2 aromatic rings. The predicted molar refractivity (Wildman–Crippen MR) is 78.6 cm³/mol. The lowest BCUT2D eigenvalue weighted by Gasteiger charge is -2.21. The second kappa shape index (κ2) is 6.09. The lowest BCUT2D eigenvalue weighted by molar-refractivity contribution is -0.135. The van der Waals surface area contributed by atoms with Crippen molar-refractivity contribution in [3.63, 3.8) is 0 Å². The molecule has 0 radical (unpaired) electrons. The first-order valence-electron chi connectivity index (χ1n) is 6.37. The highest BCUT2D eigenvalue weighted by Gasteiger charge is 2.22. The Morgan fingerprint density at radius 3 is 2.33 bits per heavy atom. The number of phenols is 1. The summed E-state index contributed by atoms with van der Waals surface area (Å²) in [5.74, 6) is -1.84. The van der Waals surface area contributed by atoms with Crippen LogP contribution in [0.3, 0.4) is 0 Å². The molecule has 0 atom stereocenters. The lowest BCUT2D eigenvalue weighted by atomic mass is 10.1. The zero-order chi connectivity index (χ0) is 15.4. The number of carbonyl (C=O) groups excluding carboxylic acids is 1. The molecule has 0 spiro atoms. The highest BCUT2D eigenvalue weighted by atomic mass is 16.4. The van der Waals surface area contributed by atoms with E-state index in [1.807, 2.05) is 0 Å². The average molecular weight is 285 g/mol. The van der Waals surface area contributed by atoms with Gasteiger partial charge in [0, 0.05) is 5.69 Å². The molecule has 108 valence electrons. The largest absolute Gasteiger partial charge is 0.507 e. The van der Waals surface area contributed by atoms with Crippen LogP contribution in [-0.2, 0) is 4.79 Å². The number of amides is 1. The van der Waals surface area contributed by atoms with Gasteiger partial charge in [-0.1, -0.05) is 24.3 Å².